The first-order chi connectivity index (χ1) is 14.2. The normalized spacial score (nSPS) is 11.4. The average molecular weight is 385 g/mol. The van der Waals surface area contributed by atoms with Gasteiger partial charge in [0.25, 0.3) is 0 Å². The van der Waals surface area contributed by atoms with Crippen LogP contribution in [-0.4, -0.2) is 41.6 Å². The summed E-state index contributed by atoms with van der Waals surface area (Å²) in [4.78, 5) is 6.89. The van der Waals surface area contributed by atoms with Gasteiger partial charge in [0.05, 0.1) is 23.4 Å². The Hall–Kier alpha value is -3.11. The molecule has 0 atom stereocenters. The van der Waals surface area contributed by atoms with Crippen molar-refractivity contribution in [3.05, 3.63) is 96.3 Å². The van der Waals surface area contributed by atoms with Crippen LogP contribution in [0, 0.1) is 0 Å². The number of hydrogen-bond donors (Lipinski definition) is 1. The Balaban J connectivity index is 1.69. The maximum Gasteiger partial charge on any atom is 0.0966 e. The Morgan fingerprint density at radius 2 is 1.55 bits per heavy atom. The summed E-state index contributed by atoms with van der Waals surface area (Å²) in [6.07, 6.45) is 3.08. The molecule has 1 aromatic heterocycles. The second-order valence-corrected chi connectivity index (χ2v) is 7.66. The molecule has 29 heavy (non-hydrogen) atoms. The average Bonchev–Trinajstić information content (AvgIpc) is 3.16. The van der Waals surface area contributed by atoms with Crippen LogP contribution in [-0.2, 0) is 0 Å². The molecule has 4 rings (SSSR count). The van der Waals surface area contributed by atoms with Crippen LogP contribution in [0.25, 0.3) is 11.0 Å². The fourth-order valence-corrected chi connectivity index (χ4v) is 3.75. The van der Waals surface area contributed by atoms with Gasteiger partial charge in [-0.05, 0) is 56.4 Å². The van der Waals surface area contributed by atoms with Gasteiger partial charge >= 0.3 is 0 Å². The van der Waals surface area contributed by atoms with Gasteiger partial charge in [0.15, 0.2) is 0 Å². The van der Waals surface area contributed by atoms with Gasteiger partial charge in [0.2, 0.25) is 0 Å². The molecule has 0 saturated heterocycles. The minimum absolute atomic E-state index is 0.0893. The topological polar surface area (TPSA) is 33.1 Å². The first-order valence-electron chi connectivity index (χ1n) is 10.2. The Morgan fingerprint density at radius 3 is 2.17 bits per heavy atom. The third kappa shape index (κ3) is 4.49. The van der Waals surface area contributed by atoms with Gasteiger partial charge in [0.1, 0.15) is 0 Å². The number of nitrogens with one attached hydrogen (secondary N) is 1. The van der Waals surface area contributed by atoms with Crippen LogP contribution in [0.3, 0.4) is 0 Å². The van der Waals surface area contributed by atoms with Gasteiger partial charge in [-0.15, -0.1) is 0 Å². The molecule has 0 unspecified atom stereocenters. The summed E-state index contributed by atoms with van der Waals surface area (Å²) in [5.41, 5.74) is 5.79. The van der Waals surface area contributed by atoms with E-state index in [1.54, 1.807) is 0 Å². The fraction of sp³-hybridized carbons (Fsp3) is 0.240. The van der Waals surface area contributed by atoms with Crippen LogP contribution < -0.4 is 5.32 Å². The highest BCUT2D eigenvalue weighted by Crippen LogP contribution is 2.30. The number of imidazole rings is 1. The van der Waals surface area contributed by atoms with Gasteiger partial charge < -0.3 is 14.8 Å². The molecule has 0 spiro atoms. The highest BCUT2D eigenvalue weighted by molar-refractivity contribution is 5.80. The standard InChI is InChI=1S/C25H28N4/c1-28(2)17-9-16-26-22-14-15-23-24(18-22)29(19-27-23)25(20-10-5-3-6-11-20)21-12-7-4-8-13-21/h3-8,10-15,18-19,25-26H,9,16-17H2,1-2H3. The first-order valence-corrected chi connectivity index (χ1v) is 10.2. The Bertz CT molecular complexity index is 999. The minimum atomic E-state index is 0.0893. The molecule has 0 fully saturated rings. The molecule has 0 aliphatic rings. The van der Waals surface area contributed by atoms with Crippen molar-refractivity contribution >= 4 is 16.7 Å². The van der Waals surface area contributed by atoms with E-state index in [0.29, 0.717) is 0 Å². The first kappa shape index (κ1) is 19.2. The van der Waals surface area contributed by atoms with Crippen LogP contribution in [0.1, 0.15) is 23.6 Å². The molecule has 0 saturated carbocycles. The molecular weight excluding hydrogens is 356 g/mol. The maximum atomic E-state index is 4.68. The van der Waals surface area contributed by atoms with E-state index in [2.05, 4.69) is 113 Å². The number of aromatic nitrogens is 2. The number of rotatable bonds is 8. The molecule has 3 aromatic carbocycles. The Labute approximate surface area is 172 Å². The lowest BCUT2D eigenvalue weighted by molar-refractivity contribution is 0.405. The van der Waals surface area contributed by atoms with Gasteiger partial charge in [-0.25, -0.2) is 4.98 Å². The summed E-state index contributed by atoms with van der Waals surface area (Å²) >= 11 is 0. The fourth-order valence-electron chi connectivity index (χ4n) is 3.75. The van der Waals surface area contributed by atoms with Crippen molar-refractivity contribution in [2.75, 3.05) is 32.5 Å². The molecule has 148 valence electrons. The summed E-state index contributed by atoms with van der Waals surface area (Å²) in [6, 6.07) is 27.8. The number of fused-ring (bicyclic) bond motifs is 1. The highest BCUT2D eigenvalue weighted by Gasteiger charge is 2.18. The summed E-state index contributed by atoms with van der Waals surface area (Å²) in [5.74, 6) is 0. The molecule has 0 bridgehead atoms. The molecular formula is C25H28N4. The van der Waals surface area contributed by atoms with Gasteiger partial charge in [-0.3, -0.25) is 0 Å². The van der Waals surface area contributed by atoms with Crippen LogP contribution in [0.4, 0.5) is 5.69 Å². The van der Waals surface area contributed by atoms with E-state index in [1.807, 2.05) is 6.33 Å². The lowest BCUT2D eigenvalue weighted by Crippen LogP contribution is -2.16. The van der Waals surface area contributed by atoms with E-state index in [1.165, 1.54) is 11.1 Å². The maximum absolute atomic E-state index is 4.68. The quantitative estimate of drug-likeness (QED) is 0.432. The van der Waals surface area contributed by atoms with Crippen molar-refractivity contribution < 1.29 is 0 Å². The third-order valence-electron chi connectivity index (χ3n) is 5.19. The summed E-state index contributed by atoms with van der Waals surface area (Å²) in [5, 5.41) is 3.56. The van der Waals surface area contributed by atoms with E-state index in [0.717, 1.165) is 36.2 Å². The van der Waals surface area contributed by atoms with E-state index in [4.69, 9.17) is 0 Å². The zero-order valence-electron chi connectivity index (χ0n) is 17.1. The highest BCUT2D eigenvalue weighted by atomic mass is 15.1. The van der Waals surface area contributed by atoms with Crippen molar-refractivity contribution in [1.29, 1.82) is 0 Å². The van der Waals surface area contributed by atoms with Crippen molar-refractivity contribution in [2.45, 2.75) is 12.5 Å². The van der Waals surface area contributed by atoms with E-state index >= 15 is 0 Å². The van der Waals surface area contributed by atoms with Crippen LogP contribution in [0.5, 0.6) is 0 Å². The molecule has 4 aromatic rings. The number of nitrogens with zero attached hydrogens (tertiary/aromatic N) is 3. The van der Waals surface area contributed by atoms with Gasteiger partial charge in [-0.1, -0.05) is 60.7 Å². The predicted molar refractivity (Wildman–Crippen MR) is 122 cm³/mol. The summed E-state index contributed by atoms with van der Waals surface area (Å²) in [7, 11) is 4.22. The summed E-state index contributed by atoms with van der Waals surface area (Å²) < 4.78 is 2.28. The largest absolute Gasteiger partial charge is 0.385 e. The lowest BCUT2D eigenvalue weighted by atomic mass is 9.98. The second kappa shape index (κ2) is 8.93. The van der Waals surface area contributed by atoms with Crippen molar-refractivity contribution in [3.8, 4) is 0 Å². The molecule has 1 N–H and O–H groups in total. The van der Waals surface area contributed by atoms with Gasteiger partial charge in [0, 0.05) is 12.2 Å². The lowest BCUT2D eigenvalue weighted by Gasteiger charge is -2.21. The van der Waals surface area contributed by atoms with Crippen LogP contribution in [0.2, 0.25) is 0 Å². The molecule has 0 amide bonds. The van der Waals surface area contributed by atoms with E-state index < -0.39 is 0 Å². The SMILES string of the molecule is CN(C)CCCNc1ccc2ncn(C(c3ccccc3)c3ccccc3)c2c1. The minimum Gasteiger partial charge on any atom is -0.385 e. The van der Waals surface area contributed by atoms with Crippen molar-refractivity contribution in [3.63, 3.8) is 0 Å². The third-order valence-corrected chi connectivity index (χ3v) is 5.19. The zero-order valence-corrected chi connectivity index (χ0v) is 17.1. The molecule has 0 aliphatic heterocycles. The van der Waals surface area contributed by atoms with Gasteiger partial charge in [-0.2, -0.15) is 0 Å². The van der Waals surface area contributed by atoms with Crippen LogP contribution in [0.15, 0.2) is 85.2 Å². The molecule has 4 heteroatoms. The van der Waals surface area contributed by atoms with Crippen molar-refractivity contribution in [1.82, 2.24) is 14.5 Å². The Morgan fingerprint density at radius 1 is 0.897 bits per heavy atom. The van der Waals surface area contributed by atoms with E-state index in [-0.39, 0.29) is 6.04 Å². The summed E-state index contributed by atoms with van der Waals surface area (Å²) in [6.45, 7) is 2.04. The molecule has 1 heterocycles. The second-order valence-electron chi connectivity index (χ2n) is 7.66. The smallest absolute Gasteiger partial charge is 0.0966 e. The van der Waals surface area contributed by atoms with Crippen LogP contribution >= 0.6 is 0 Å². The zero-order chi connectivity index (χ0) is 20.1. The number of anilines is 1. The number of benzene rings is 3. The molecule has 0 aliphatic carbocycles. The van der Waals surface area contributed by atoms with Crippen molar-refractivity contribution in [2.24, 2.45) is 0 Å². The Kier molecular flexibility index (Phi) is 5.92. The number of hydrogen-bond acceptors (Lipinski definition) is 3. The molecule has 4 nitrogen and oxygen atoms in total. The predicted octanol–water partition coefficient (Wildman–Crippen LogP) is 5.04. The molecule has 0 radical (unpaired) electrons. The van der Waals surface area contributed by atoms with E-state index in [9.17, 15) is 0 Å². The monoisotopic (exact) mass is 384 g/mol.